The minimum atomic E-state index is 0.171. The summed E-state index contributed by atoms with van der Waals surface area (Å²) in [7, 11) is 0. The molecule has 2 unspecified atom stereocenters. The molecule has 1 N–H and O–H groups in total. The maximum atomic E-state index is 3.70. The van der Waals surface area contributed by atoms with Gasteiger partial charge in [-0.25, -0.2) is 0 Å². The van der Waals surface area contributed by atoms with Crippen LogP contribution >= 0.6 is 0 Å². The lowest BCUT2D eigenvalue weighted by atomic mass is 9.95. The van der Waals surface area contributed by atoms with Gasteiger partial charge in [0.1, 0.15) is 0 Å². The summed E-state index contributed by atoms with van der Waals surface area (Å²) in [6.07, 6.45) is 1.34. The molecule has 0 amide bonds. The van der Waals surface area contributed by atoms with Crippen LogP contribution in [0.15, 0.2) is 30.3 Å². The summed E-state index contributed by atoms with van der Waals surface area (Å²) in [5, 5.41) is 3.70. The number of benzene rings is 1. The van der Waals surface area contributed by atoms with Crippen molar-refractivity contribution in [3.05, 3.63) is 35.9 Å². The molecular weight excluding hydrogens is 256 g/mol. The zero-order valence-corrected chi connectivity index (χ0v) is 14.4. The van der Waals surface area contributed by atoms with Crippen LogP contribution in [0.5, 0.6) is 0 Å². The molecule has 2 atom stereocenters. The van der Waals surface area contributed by atoms with Gasteiger partial charge < -0.3 is 5.32 Å². The van der Waals surface area contributed by atoms with Crippen LogP contribution in [-0.4, -0.2) is 30.1 Å². The third kappa shape index (κ3) is 4.82. The first-order valence-corrected chi connectivity index (χ1v) is 8.41. The molecular formula is C19H32N2. The highest BCUT2D eigenvalue weighted by molar-refractivity contribution is 5.20. The second-order valence-electron chi connectivity index (χ2n) is 7.85. The SMILES string of the molecule is CC(C)C1CCN(C(CNC(C)(C)C)c2ccccc2)C1. The molecule has 2 heteroatoms. The summed E-state index contributed by atoms with van der Waals surface area (Å²) in [5.41, 5.74) is 1.61. The van der Waals surface area contributed by atoms with E-state index in [0.717, 1.165) is 18.4 Å². The lowest BCUT2D eigenvalue weighted by Gasteiger charge is -2.32. The van der Waals surface area contributed by atoms with Crippen molar-refractivity contribution < 1.29 is 0 Å². The predicted octanol–water partition coefficient (Wildman–Crippen LogP) is 4.09. The Labute approximate surface area is 130 Å². The summed E-state index contributed by atoms with van der Waals surface area (Å²) < 4.78 is 0. The predicted molar refractivity (Wildman–Crippen MR) is 91.5 cm³/mol. The van der Waals surface area contributed by atoms with Crippen molar-refractivity contribution in [2.24, 2.45) is 11.8 Å². The van der Waals surface area contributed by atoms with E-state index in [2.05, 4.69) is 75.2 Å². The summed E-state index contributed by atoms with van der Waals surface area (Å²) in [6.45, 7) is 15.0. The van der Waals surface area contributed by atoms with Gasteiger partial charge in [-0.3, -0.25) is 4.90 Å². The molecule has 21 heavy (non-hydrogen) atoms. The van der Waals surface area contributed by atoms with Crippen LogP contribution in [0.1, 0.15) is 52.6 Å². The van der Waals surface area contributed by atoms with Crippen molar-refractivity contribution in [3.63, 3.8) is 0 Å². The first-order valence-electron chi connectivity index (χ1n) is 8.41. The van der Waals surface area contributed by atoms with Gasteiger partial charge in [0, 0.05) is 24.7 Å². The van der Waals surface area contributed by atoms with Gasteiger partial charge in [0.05, 0.1) is 0 Å². The fourth-order valence-electron chi connectivity index (χ4n) is 3.18. The third-order valence-electron chi connectivity index (χ3n) is 4.65. The van der Waals surface area contributed by atoms with E-state index < -0.39 is 0 Å². The first kappa shape index (κ1) is 16.5. The van der Waals surface area contributed by atoms with Gasteiger partial charge in [-0.2, -0.15) is 0 Å². The summed E-state index contributed by atoms with van der Waals surface area (Å²) in [5.74, 6) is 1.65. The molecule has 0 aromatic heterocycles. The zero-order chi connectivity index (χ0) is 15.5. The Balaban J connectivity index is 2.09. The van der Waals surface area contributed by atoms with Gasteiger partial charge in [0.2, 0.25) is 0 Å². The van der Waals surface area contributed by atoms with E-state index in [0.29, 0.717) is 6.04 Å². The van der Waals surface area contributed by atoms with Crippen LogP contribution < -0.4 is 5.32 Å². The quantitative estimate of drug-likeness (QED) is 0.878. The fourth-order valence-corrected chi connectivity index (χ4v) is 3.18. The zero-order valence-electron chi connectivity index (χ0n) is 14.4. The Kier molecular flexibility index (Phi) is 5.45. The van der Waals surface area contributed by atoms with Gasteiger partial charge in [-0.15, -0.1) is 0 Å². The largest absolute Gasteiger partial charge is 0.310 e. The molecule has 118 valence electrons. The van der Waals surface area contributed by atoms with Crippen LogP contribution in [0.3, 0.4) is 0 Å². The number of nitrogens with zero attached hydrogens (tertiary/aromatic N) is 1. The highest BCUT2D eigenvalue weighted by Gasteiger charge is 2.30. The van der Waals surface area contributed by atoms with E-state index in [9.17, 15) is 0 Å². The molecule has 2 nitrogen and oxygen atoms in total. The summed E-state index contributed by atoms with van der Waals surface area (Å²) in [4.78, 5) is 2.68. The average molecular weight is 288 g/mol. The molecule has 1 aliphatic rings. The van der Waals surface area contributed by atoms with Gasteiger partial charge in [0.25, 0.3) is 0 Å². The van der Waals surface area contributed by atoms with Gasteiger partial charge >= 0.3 is 0 Å². The number of hydrogen-bond donors (Lipinski definition) is 1. The Morgan fingerprint density at radius 1 is 1.19 bits per heavy atom. The van der Waals surface area contributed by atoms with E-state index in [1.807, 2.05) is 0 Å². The number of hydrogen-bond acceptors (Lipinski definition) is 2. The Bertz CT molecular complexity index is 419. The third-order valence-corrected chi connectivity index (χ3v) is 4.65. The minimum Gasteiger partial charge on any atom is -0.310 e. The fraction of sp³-hybridized carbons (Fsp3) is 0.684. The van der Waals surface area contributed by atoms with Gasteiger partial charge in [-0.1, -0.05) is 44.2 Å². The van der Waals surface area contributed by atoms with Crippen molar-refractivity contribution in [3.8, 4) is 0 Å². The normalized spacial score (nSPS) is 21.9. The second-order valence-corrected chi connectivity index (χ2v) is 7.85. The second kappa shape index (κ2) is 6.93. The number of likely N-dealkylation sites (tertiary alicyclic amines) is 1. The summed E-state index contributed by atoms with van der Waals surface area (Å²) >= 11 is 0. The van der Waals surface area contributed by atoms with Crippen LogP contribution in [-0.2, 0) is 0 Å². The molecule has 0 aliphatic carbocycles. The Morgan fingerprint density at radius 2 is 1.86 bits per heavy atom. The Morgan fingerprint density at radius 3 is 2.38 bits per heavy atom. The molecule has 2 rings (SSSR count). The smallest absolute Gasteiger partial charge is 0.0472 e. The first-order chi connectivity index (χ1) is 9.87. The molecule has 1 aromatic rings. The van der Waals surface area contributed by atoms with Crippen molar-refractivity contribution in [2.45, 2.75) is 52.6 Å². The lowest BCUT2D eigenvalue weighted by Crippen LogP contribution is -2.43. The molecule has 0 bridgehead atoms. The van der Waals surface area contributed by atoms with E-state index in [1.165, 1.54) is 25.1 Å². The highest BCUT2D eigenvalue weighted by Crippen LogP contribution is 2.31. The molecule has 1 heterocycles. The van der Waals surface area contributed by atoms with Gasteiger partial charge in [-0.05, 0) is 51.1 Å². The standard InChI is InChI=1S/C19H32N2/c1-15(2)17-11-12-21(14-17)18(13-20-19(3,4)5)16-9-7-6-8-10-16/h6-10,15,17-18,20H,11-14H2,1-5H3. The van der Waals surface area contributed by atoms with Gasteiger partial charge in [0.15, 0.2) is 0 Å². The van der Waals surface area contributed by atoms with Crippen molar-refractivity contribution in [1.82, 2.24) is 10.2 Å². The minimum absolute atomic E-state index is 0.171. The highest BCUT2D eigenvalue weighted by atomic mass is 15.2. The van der Waals surface area contributed by atoms with Crippen LogP contribution in [0, 0.1) is 11.8 Å². The molecule has 1 aromatic carbocycles. The van der Waals surface area contributed by atoms with Crippen LogP contribution in [0.2, 0.25) is 0 Å². The van der Waals surface area contributed by atoms with E-state index in [-0.39, 0.29) is 5.54 Å². The van der Waals surface area contributed by atoms with Crippen LogP contribution in [0.25, 0.3) is 0 Å². The molecule has 0 radical (unpaired) electrons. The van der Waals surface area contributed by atoms with E-state index >= 15 is 0 Å². The van der Waals surface area contributed by atoms with Crippen LogP contribution in [0.4, 0.5) is 0 Å². The lowest BCUT2D eigenvalue weighted by molar-refractivity contribution is 0.209. The van der Waals surface area contributed by atoms with E-state index in [1.54, 1.807) is 0 Å². The summed E-state index contributed by atoms with van der Waals surface area (Å²) in [6, 6.07) is 11.5. The molecule has 0 saturated carbocycles. The topological polar surface area (TPSA) is 15.3 Å². The Hall–Kier alpha value is -0.860. The number of nitrogens with one attached hydrogen (secondary N) is 1. The molecule has 1 fully saturated rings. The molecule has 1 aliphatic heterocycles. The van der Waals surface area contributed by atoms with E-state index in [4.69, 9.17) is 0 Å². The van der Waals surface area contributed by atoms with Crippen molar-refractivity contribution in [2.75, 3.05) is 19.6 Å². The number of rotatable bonds is 5. The monoisotopic (exact) mass is 288 g/mol. The average Bonchev–Trinajstić information content (AvgIpc) is 2.89. The van der Waals surface area contributed by atoms with Crippen molar-refractivity contribution >= 4 is 0 Å². The molecule has 1 saturated heterocycles. The maximum absolute atomic E-state index is 3.70. The maximum Gasteiger partial charge on any atom is 0.0472 e. The molecule has 0 spiro atoms. The van der Waals surface area contributed by atoms with Crippen molar-refractivity contribution in [1.29, 1.82) is 0 Å².